The lowest BCUT2D eigenvalue weighted by Crippen LogP contribution is -2.17. The molecule has 1 atom stereocenters. The van der Waals surface area contributed by atoms with Crippen LogP contribution < -0.4 is 5.73 Å². The fraction of sp³-hybridized carbons (Fsp3) is 0.214. The SMILES string of the molecule is Cn1cnc2cc(-c3ccnc(C(N)CO)n3)ccc21. The predicted molar refractivity (Wildman–Crippen MR) is 75.8 cm³/mol. The first-order valence-electron chi connectivity index (χ1n) is 6.30. The molecule has 0 aliphatic heterocycles. The first kappa shape index (κ1) is 12.7. The van der Waals surface area contributed by atoms with Crippen LogP contribution in [0.1, 0.15) is 11.9 Å². The summed E-state index contributed by atoms with van der Waals surface area (Å²) in [7, 11) is 1.96. The molecule has 0 spiro atoms. The quantitative estimate of drug-likeness (QED) is 0.741. The Morgan fingerprint density at radius 3 is 2.95 bits per heavy atom. The van der Waals surface area contributed by atoms with Gasteiger partial charge in [-0.3, -0.25) is 0 Å². The van der Waals surface area contributed by atoms with Crippen molar-refractivity contribution in [3.63, 3.8) is 0 Å². The summed E-state index contributed by atoms with van der Waals surface area (Å²) in [6.45, 7) is -0.178. The number of nitrogens with zero attached hydrogens (tertiary/aromatic N) is 4. The van der Waals surface area contributed by atoms with Gasteiger partial charge in [0.2, 0.25) is 0 Å². The van der Waals surface area contributed by atoms with Crippen LogP contribution >= 0.6 is 0 Å². The van der Waals surface area contributed by atoms with Crippen LogP contribution in [0.5, 0.6) is 0 Å². The van der Waals surface area contributed by atoms with Crippen LogP contribution in [0, 0.1) is 0 Å². The molecule has 3 N–H and O–H groups in total. The molecular formula is C14H15N5O. The largest absolute Gasteiger partial charge is 0.394 e. The van der Waals surface area contributed by atoms with Crippen LogP contribution in [0.4, 0.5) is 0 Å². The summed E-state index contributed by atoms with van der Waals surface area (Å²) in [4.78, 5) is 12.8. The molecule has 0 saturated carbocycles. The van der Waals surface area contributed by atoms with E-state index in [0.29, 0.717) is 5.82 Å². The molecule has 102 valence electrons. The number of fused-ring (bicyclic) bond motifs is 1. The second-order valence-electron chi connectivity index (χ2n) is 4.65. The van der Waals surface area contributed by atoms with Gasteiger partial charge in [0.25, 0.3) is 0 Å². The van der Waals surface area contributed by atoms with Crippen molar-refractivity contribution in [1.29, 1.82) is 0 Å². The Balaban J connectivity index is 2.06. The molecular weight excluding hydrogens is 254 g/mol. The molecule has 0 aliphatic carbocycles. The zero-order valence-corrected chi connectivity index (χ0v) is 11.1. The van der Waals surface area contributed by atoms with Crippen LogP contribution in [0.25, 0.3) is 22.3 Å². The third-order valence-electron chi connectivity index (χ3n) is 3.22. The van der Waals surface area contributed by atoms with Crippen LogP contribution in [0.3, 0.4) is 0 Å². The summed E-state index contributed by atoms with van der Waals surface area (Å²) in [5.74, 6) is 0.436. The van der Waals surface area contributed by atoms with E-state index in [-0.39, 0.29) is 6.61 Å². The maximum Gasteiger partial charge on any atom is 0.147 e. The van der Waals surface area contributed by atoms with Crippen LogP contribution in [0.15, 0.2) is 36.8 Å². The fourth-order valence-corrected chi connectivity index (χ4v) is 2.09. The number of benzene rings is 1. The number of aliphatic hydroxyl groups excluding tert-OH is 1. The molecule has 1 unspecified atom stereocenters. The molecule has 0 saturated heterocycles. The number of hydrogen-bond acceptors (Lipinski definition) is 5. The lowest BCUT2D eigenvalue weighted by Gasteiger charge is -2.08. The molecule has 3 aromatic rings. The lowest BCUT2D eigenvalue weighted by atomic mass is 10.1. The summed E-state index contributed by atoms with van der Waals surface area (Å²) in [6, 6.07) is 7.23. The molecule has 1 aromatic carbocycles. The Morgan fingerprint density at radius 1 is 1.30 bits per heavy atom. The normalized spacial score (nSPS) is 12.8. The minimum atomic E-state index is -0.562. The highest BCUT2D eigenvalue weighted by Crippen LogP contribution is 2.22. The molecule has 20 heavy (non-hydrogen) atoms. The van der Waals surface area contributed by atoms with Crippen molar-refractivity contribution < 1.29 is 5.11 Å². The van der Waals surface area contributed by atoms with E-state index < -0.39 is 6.04 Å². The number of aryl methyl sites for hydroxylation is 1. The zero-order chi connectivity index (χ0) is 14.1. The summed E-state index contributed by atoms with van der Waals surface area (Å²) in [5.41, 5.74) is 9.44. The van der Waals surface area contributed by atoms with Gasteiger partial charge < -0.3 is 15.4 Å². The highest BCUT2D eigenvalue weighted by molar-refractivity contribution is 5.81. The van der Waals surface area contributed by atoms with Crippen LogP contribution in [0.2, 0.25) is 0 Å². The van der Waals surface area contributed by atoms with Crippen molar-refractivity contribution in [2.75, 3.05) is 6.61 Å². The van der Waals surface area contributed by atoms with Gasteiger partial charge in [-0.1, -0.05) is 6.07 Å². The van der Waals surface area contributed by atoms with Crippen molar-refractivity contribution in [2.24, 2.45) is 12.8 Å². The molecule has 3 rings (SSSR count). The topological polar surface area (TPSA) is 89.9 Å². The van der Waals surface area contributed by atoms with Gasteiger partial charge >= 0.3 is 0 Å². The molecule has 6 nitrogen and oxygen atoms in total. The van der Waals surface area contributed by atoms with Gasteiger partial charge in [-0.15, -0.1) is 0 Å². The van der Waals surface area contributed by atoms with Crippen molar-refractivity contribution >= 4 is 11.0 Å². The van der Waals surface area contributed by atoms with Gasteiger partial charge in [-0.05, 0) is 18.2 Å². The highest BCUT2D eigenvalue weighted by atomic mass is 16.3. The average molecular weight is 269 g/mol. The Labute approximate surface area is 115 Å². The van der Waals surface area contributed by atoms with Gasteiger partial charge in [0.05, 0.1) is 35.7 Å². The van der Waals surface area contributed by atoms with E-state index in [2.05, 4.69) is 15.0 Å². The lowest BCUT2D eigenvalue weighted by molar-refractivity contribution is 0.263. The van der Waals surface area contributed by atoms with Crippen molar-refractivity contribution in [2.45, 2.75) is 6.04 Å². The van der Waals surface area contributed by atoms with Gasteiger partial charge in [0, 0.05) is 18.8 Å². The first-order chi connectivity index (χ1) is 9.69. The van der Waals surface area contributed by atoms with E-state index in [1.807, 2.05) is 35.9 Å². The smallest absolute Gasteiger partial charge is 0.147 e. The van der Waals surface area contributed by atoms with Crippen molar-refractivity contribution in [1.82, 2.24) is 19.5 Å². The second-order valence-corrected chi connectivity index (χ2v) is 4.65. The van der Waals surface area contributed by atoms with E-state index in [1.54, 1.807) is 12.5 Å². The molecule has 0 aliphatic rings. The molecule has 6 heteroatoms. The molecule has 2 heterocycles. The second kappa shape index (κ2) is 4.99. The van der Waals surface area contributed by atoms with Gasteiger partial charge in [-0.2, -0.15) is 0 Å². The Hall–Kier alpha value is -2.31. The Kier molecular flexibility index (Phi) is 3.17. The third-order valence-corrected chi connectivity index (χ3v) is 3.22. The number of aliphatic hydroxyl groups is 1. The maximum atomic E-state index is 9.08. The summed E-state index contributed by atoms with van der Waals surface area (Å²) in [5, 5.41) is 9.08. The van der Waals surface area contributed by atoms with Crippen LogP contribution in [-0.4, -0.2) is 31.2 Å². The number of rotatable bonds is 3. The first-order valence-corrected chi connectivity index (χ1v) is 6.30. The maximum absolute atomic E-state index is 9.08. The number of aromatic nitrogens is 4. The van der Waals surface area contributed by atoms with Gasteiger partial charge in [-0.25, -0.2) is 15.0 Å². The molecule has 0 radical (unpaired) electrons. The number of hydrogen-bond donors (Lipinski definition) is 2. The van der Waals surface area contributed by atoms with Gasteiger partial charge in [0.1, 0.15) is 5.82 Å². The summed E-state index contributed by atoms with van der Waals surface area (Å²) >= 11 is 0. The van der Waals surface area contributed by atoms with E-state index in [9.17, 15) is 0 Å². The Morgan fingerprint density at radius 2 is 2.15 bits per heavy atom. The third kappa shape index (κ3) is 2.15. The van der Waals surface area contributed by atoms with E-state index >= 15 is 0 Å². The summed E-state index contributed by atoms with van der Waals surface area (Å²) in [6.07, 6.45) is 3.43. The van der Waals surface area contributed by atoms with Gasteiger partial charge in [0.15, 0.2) is 0 Å². The predicted octanol–water partition coefficient (Wildman–Crippen LogP) is 1.02. The molecule has 2 aromatic heterocycles. The molecule has 0 fully saturated rings. The minimum Gasteiger partial charge on any atom is -0.394 e. The average Bonchev–Trinajstić information content (AvgIpc) is 2.87. The van der Waals surface area contributed by atoms with E-state index in [0.717, 1.165) is 22.3 Å². The molecule has 0 bridgehead atoms. The number of imidazole rings is 1. The van der Waals surface area contributed by atoms with E-state index in [4.69, 9.17) is 10.8 Å². The van der Waals surface area contributed by atoms with E-state index in [1.165, 1.54) is 0 Å². The molecule has 0 amide bonds. The highest BCUT2D eigenvalue weighted by Gasteiger charge is 2.10. The van der Waals surface area contributed by atoms with Crippen molar-refractivity contribution in [3.8, 4) is 11.3 Å². The standard InChI is InChI=1S/C14H15N5O/c1-19-8-17-12-6-9(2-3-13(12)19)11-4-5-16-14(18-11)10(15)7-20/h2-6,8,10,20H,7,15H2,1H3. The van der Waals surface area contributed by atoms with Crippen molar-refractivity contribution in [3.05, 3.63) is 42.6 Å². The zero-order valence-electron chi connectivity index (χ0n) is 11.1. The number of nitrogens with two attached hydrogens (primary N) is 1. The minimum absolute atomic E-state index is 0.178. The van der Waals surface area contributed by atoms with Crippen LogP contribution in [-0.2, 0) is 7.05 Å². The Bertz CT molecular complexity index is 752. The fourth-order valence-electron chi connectivity index (χ4n) is 2.09. The summed E-state index contributed by atoms with van der Waals surface area (Å²) < 4.78 is 1.96. The monoisotopic (exact) mass is 269 g/mol.